The van der Waals surface area contributed by atoms with Gasteiger partial charge in [-0.3, -0.25) is 4.79 Å². The molecule has 1 aliphatic carbocycles. The quantitative estimate of drug-likeness (QED) is 0.919. The van der Waals surface area contributed by atoms with Crippen molar-refractivity contribution >= 4 is 27.3 Å². The molecule has 7 heteroatoms. The molecule has 1 saturated carbocycles. The monoisotopic (exact) mass is 329 g/mol. The van der Waals surface area contributed by atoms with Crippen molar-refractivity contribution in [3.63, 3.8) is 0 Å². The summed E-state index contributed by atoms with van der Waals surface area (Å²) in [6.45, 7) is 2.33. The van der Waals surface area contributed by atoms with Crippen LogP contribution in [0.15, 0.2) is 16.3 Å². The average molecular weight is 329 g/mol. The predicted octanol–water partition coefficient (Wildman–Crippen LogP) is 2.18. The Morgan fingerprint density at radius 1 is 1.43 bits per heavy atom. The Morgan fingerprint density at radius 3 is 2.81 bits per heavy atom. The van der Waals surface area contributed by atoms with Gasteiger partial charge in [-0.1, -0.05) is 13.3 Å². The maximum absolute atomic E-state index is 12.8. The number of carboxylic acids is 1. The third-order valence-corrected chi connectivity index (χ3v) is 8.19. The Hall–Kier alpha value is -0.920. The Morgan fingerprint density at radius 2 is 2.19 bits per heavy atom. The van der Waals surface area contributed by atoms with Crippen molar-refractivity contribution in [2.75, 3.05) is 6.54 Å². The van der Waals surface area contributed by atoms with Crippen LogP contribution in [0.25, 0.3) is 0 Å². The molecule has 1 saturated heterocycles. The first-order valence-corrected chi connectivity index (χ1v) is 9.54. The van der Waals surface area contributed by atoms with Gasteiger partial charge >= 0.3 is 5.97 Å². The van der Waals surface area contributed by atoms with Gasteiger partial charge in [0.2, 0.25) is 0 Å². The Bertz CT molecular complexity index is 652. The van der Waals surface area contributed by atoms with Crippen molar-refractivity contribution in [3.8, 4) is 0 Å². The highest BCUT2D eigenvalue weighted by Crippen LogP contribution is 2.44. The maximum Gasteiger partial charge on any atom is 0.322 e. The van der Waals surface area contributed by atoms with E-state index in [4.69, 9.17) is 0 Å². The van der Waals surface area contributed by atoms with Crippen LogP contribution in [0.1, 0.15) is 31.1 Å². The highest BCUT2D eigenvalue weighted by Gasteiger charge is 2.52. The number of fused-ring (bicyclic) bond motifs is 1. The second kappa shape index (κ2) is 5.37. The van der Waals surface area contributed by atoms with Gasteiger partial charge in [0.15, 0.2) is 0 Å². The number of aliphatic carboxylic acids is 1. The minimum absolute atomic E-state index is 0.0251. The van der Waals surface area contributed by atoms with Gasteiger partial charge in [-0.15, -0.1) is 11.3 Å². The highest BCUT2D eigenvalue weighted by atomic mass is 32.2. The summed E-state index contributed by atoms with van der Waals surface area (Å²) in [7, 11) is -3.69. The molecule has 1 aromatic rings. The zero-order valence-electron chi connectivity index (χ0n) is 11.9. The van der Waals surface area contributed by atoms with Crippen LogP contribution in [0.3, 0.4) is 0 Å². The number of sulfonamides is 1. The number of nitrogens with zero attached hydrogens (tertiary/aromatic N) is 1. The van der Waals surface area contributed by atoms with E-state index in [9.17, 15) is 18.3 Å². The normalized spacial score (nSPS) is 29.7. The number of thiophene rings is 1. The lowest BCUT2D eigenvalue weighted by Crippen LogP contribution is -2.42. The second-order valence-corrected chi connectivity index (χ2v) is 9.07. The van der Waals surface area contributed by atoms with Crippen LogP contribution in [0, 0.1) is 11.8 Å². The highest BCUT2D eigenvalue weighted by molar-refractivity contribution is 7.91. The zero-order valence-corrected chi connectivity index (χ0v) is 13.5. The smallest absolute Gasteiger partial charge is 0.322 e. The summed E-state index contributed by atoms with van der Waals surface area (Å²) >= 11 is 1.25. The van der Waals surface area contributed by atoms with Gasteiger partial charge in [-0.05, 0) is 43.2 Å². The summed E-state index contributed by atoms with van der Waals surface area (Å²) in [4.78, 5) is 12.6. The summed E-state index contributed by atoms with van der Waals surface area (Å²) in [5.74, 6) is -0.838. The van der Waals surface area contributed by atoms with Crippen LogP contribution < -0.4 is 0 Å². The molecule has 5 nitrogen and oxygen atoms in total. The molecule has 0 radical (unpaired) electrons. The van der Waals surface area contributed by atoms with E-state index in [0.29, 0.717) is 6.54 Å². The van der Waals surface area contributed by atoms with Gasteiger partial charge in [-0.25, -0.2) is 8.42 Å². The van der Waals surface area contributed by atoms with E-state index in [1.54, 1.807) is 6.07 Å². The third kappa shape index (κ3) is 2.41. The minimum atomic E-state index is -3.69. The van der Waals surface area contributed by atoms with E-state index in [2.05, 4.69) is 0 Å². The van der Waals surface area contributed by atoms with E-state index in [0.717, 1.165) is 30.6 Å². The summed E-state index contributed by atoms with van der Waals surface area (Å²) in [6.07, 6.45) is 3.54. The molecule has 0 amide bonds. The molecule has 116 valence electrons. The molecular formula is C14H19NO4S2. The molecule has 2 aliphatic rings. The number of carboxylic acid groups (broad SMARTS) is 1. The lowest BCUT2D eigenvalue weighted by Gasteiger charge is -2.23. The summed E-state index contributed by atoms with van der Waals surface area (Å²) < 4.78 is 27.1. The topological polar surface area (TPSA) is 74.7 Å². The van der Waals surface area contributed by atoms with E-state index in [1.165, 1.54) is 15.6 Å². The zero-order chi connectivity index (χ0) is 15.2. The molecule has 0 spiro atoms. The van der Waals surface area contributed by atoms with E-state index >= 15 is 0 Å². The Balaban J connectivity index is 1.96. The molecule has 3 rings (SSSR count). The molecule has 2 fully saturated rings. The summed E-state index contributed by atoms with van der Waals surface area (Å²) in [6, 6.07) is 2.52. The number of hydrogen-bond donors (Lipinski definition) is 1. The molecule has 1 aliphatic heterocycles. The van der Waals surface area contributed by atoms with Crippen LogP contribution in [-0.4, -0.2) is 36.4 Å². The van der Waals surface area contributed by atoms with Crippen LogP contribution in [-0.2, 0) is 21.2 Å². The van der Waals surface area contributed by atoms with E-state index < -0.39 is 22.0 Å². The summed E-state index contributed by atoms with van der Waals surface area (Å²) in [5, 5.41) is 9.49. The molecule has 1 aromatic heterocycles. The Kier molecular flexibility index (Phi) is 3.83. The summed E-state index contributed by atoms with van der Waals surface area (Å²) in [5.41, 5.74) is 0. The van der Waals surface area contributed by atoms with Crippen LogP contribution in [0.5, 0.6) is 0 Å². The van der Waals surface area contributed by atoms with E-state index in [1.807, 2.05) is 13.0 Å². The van der Waals surface area contributed by atoms with Crippen molar-refractivity contribution in [2.45, 2.75) is 42.9 Å². The van der Waals surface area contributed by atoms with Gasteiger partial charge in [0.25, 0.3) is 10.0 Å². The predicted molar refractivity (Wildman–Crippen MR) is 79.8 cm³/mol. The van der Waals surface area contributed by atoms with Crippen molar-refractivity contribution in [3.05, 3.63) is 17.0 Å². The molecule has 0 bridgehead atoms. The number of aryl methyl sites for hydroxylation is 1. The standard InChI is InChI=1S/C14H19NO4S2/c1-2-10-6-7-12(20-10)21(18,19)15-8-9-4-3-5-11(9)13(15)14(16)17/h6-7,9,11,13H,2-5,8H2,1H3,(H,16,17). The molecule has 21 heavy (non-hydrogen) atoms. The van der Waals surface area contributed by atoms with Gasteiger partial charge < -0.3 is 5.11 Å². The number of rotatable bonds is 4. The second-order valence-electron chi connectivity index (χ2n) is 5.79. The molecule has 3 atom stereocenters. The van der Waals surface area contributed by atoms with Gasteiger partial charge in [-0.2, -0.15) is 4.31 Å². The first-order chi connectivity index (χ1) is 9.95. The fourth-order valence-corrected chi connectivity index (χ4v) is 6.73. The maximum atomic E-state index is 12.8. The molecule has 3 unspecified atom stereocenters. The van der Waals surface area contributed by atoms with Gasteiger partial charge in [0.1, 0.15) is 10.3 Å². The van der Waals surface area contributed by atoms with Crippen molar-refractivity contribution in [2.24, 2.45) is 11.8 Å². The van der Waals surface area contributed by atoms with Crippen LogP contribution in [0.2, 0.25) is 0 Å². The molecule has 1 N–H and O–H groups in total. The fourth-order valence-electron chi connectivity index (χ4n) is 3.62. The van der Waals surface area contributed by atoms with Gasteiger partial charge in [0, 0.05) is 11.4 Å². The first-order valence-electron chi connectivity index (χ1n) is 7.28. The average Bonchev–Trinajstić information content (AvgIpc) is 3.12. The minimum Gasteiger partial charge on any atom is -0.480 e. The van der Waals surface area contributed by atoms with Gasteiger partial charge in [0.05, 0.1) is 0 Å². The molecular weight excluding hydrogens is 310 g/mol. The lowest BCUT2D eigenvalue weighted by molar-refractivity contribution is -0.142. The Labute approximate surface area is 128 Å². The number of hydrogen-bond acceptors (Lipinski definition) is 4. The van der Waals surface area contributed by atoms with E-state index in [-0.39, 0.29) is 16.0 Å². The van der Waals surface area contributed by atoms with Crippen LogP contribution in [0.4, 0.5) is 0 Å². The van der Waals surface area contributed by atoms with Crippen molar-refractivity contribution < 1.29 is 18.3 Å². The lowest BCUT2D eigenvalue weighted by atomic mass is 9.94. The number of carbonyl (C=O) groups is 1. The first kappa shape index (κ1) is 15.0. The van der Waals surface area contributed by atoms with Crippen molar-refractivity contribution in [1.82, 2.24) is 4.31 Å². The van der Waals surface area contributed by atoms with Crippen molar-refractivity contribution in [1.29, 1.82) is 0 Å². The SMILES string of the molecule is CCc1ccc(S(=O)(=O)N2CC3CCCC3C2C(=O)O)s1. The molecule has 0 aromatic carbocycles. The van der Waals surface area contributed by atoms with Crippen LogP contribution >= 0.6 is 11.3 Å². The largest absolute Gasteiger partial charge is 0.480 e. The molecule has 2 heterocycles. The fraction of sp³-hybridized carbons (Fsp3) is 0.643. The third-order valence-electron chi connectivity index (χ3n) is 4.65.